The molecule has 0 N–H and O–H groups in total. The number of hydrogen-bond donors (Lipinski definition) is 0. The lowest BCUT2D eigenvalue weighted by Gasteiger charge is -2.57. The van der Waals surface area contributed by atoms with Gasteiger partial charge in [0.25, 0.3) is 0 Å². The second-order valence-corrected chi connectivity index (χ2v) is 24.4. The molecule has 3 fully saturated rings. The van der Waals surface area contributed by atoms with Crippen molar-refractivity contribution in [2.75, 3.05) is 0 Å². The van der Waals surface area contributed by atoms with E-state index in [9.17, 15) is 0 Å². The first-order valence-corrected chi connectivity index (χ1v) is 29.2. The molecule has 10 aromatic rings. The molecule has 18 rings (SSSR count). The summed E-state index contributed by atoms with van der Waals surface area (Å²) in [6.45, 7) is 0. The third-order valence-electron chi connectivity index (χ3n) is 21.1. The maximum absolute atomic E-state index is 5.39. The van der Waals surface area contributed by atoms with E-state index in [1.165, 1.54) is 79.6 Å². The minimum absolute atomic E-state index is 0.0243. The summed E-state index contributed by atoms with van der Waals surface area (Å²) in [6.07, 6.45) is 19.2. The molecule has 8 aliphatic carbocycles. The average Bonchev–Trinajstić information content (AvgIpc) is 1.70. The van der Waals surface area contributed by atoms with Crippen LogP contribution in [0.25, 0.3) is 96.0 Å². The molecule has 2 spiro atoms. The Hall–Kier alpha value is -8.53. The first-order chi connectivity index (χ1) is 39.1. The molecule has 0 radical (unpaired) electrons. The standard InChI is InChI=1S/C76H57N3/c1-2-19-47(20-3-1)70-77-71(79-72(78-70)63-41-49-21-4-5-22-51(49)54-24-8-9-26-56(54)63)48-39-37-46(38-40-48)53-33-18-36-66-69(53)62-32-13-12-31-61(62)68-45-75-43-50(52-23-6-7-25-55(52)58-28-14-16-34-64(58)75)42-74-44-67(76(66,68)73(74)75)60-30-11-10-27-57(60)59-29-15-17-35-65(59)74/h1-3,6-14,16,18-41,50,67-68,73H,4-5,15,17,42-45H2. The van der Waals surface area contributed by atoms with Crippen LogP contribution in [0.4, 0.5) is 0 Å². The maximum atomic E-state index is 5.39. The van der Waals surface area contributed by atoms with E-state index in [-0.39, 0.29) is 16.2 Å². The summed E-state index contributed by atoms with van der Waals surface area (Å²) >= 11 is 0. The lowest BCUT2D eigenvalue weighted by atomic mass is 9.45. The van der Waals surface area contributed by atoms with Crippen LogP contribution in [-0.2, 0) is 10.8 Å². The predicted octanol–water partition coefficient (Wildman–Crippen LogP) is 16.9. The van der Waals surface area contributed by atoms with Gasteiger partial charge in [-0.05, 0) is 180 Å². The lowest BCUT2D eigenvalue weighted by Crippen LogP contribution is -2.53. The van der Waals surface area contributed by atoms with Crippen LogP contribution in [0, 0.1) is 11.3 Å². The Morgan fingerprint density at radius 3 is 1.76 bits per heavy atom. The van der Waals surface area contributed by atoms with Gasteiger partial charge in [0, 0.05) is 32.9 Å². The molecule has 3 saturated carbocycles. The first kappa shape index (κ1) is 44.5. The Labute approximate surface area is 461 Å². The van der Waals surface area contributed by atoms with Gasteiger partial charge in [0.2, 0.25) is 0 Å². The van der Waals surface area contributed by atoms with Gasteiger partial charge in [-0.2, -0.15) is 0 Å². The number of aromatic nitrogens is 3. The van der Waals surface area contributed by atoms with Gasteiger partial charge >= 0.3 is 0 Å². The van der Waals surface area contributed by atoms with Gasteiger partial charge in [-0.25, -0.2) is 15.0 Å². The minimum atomic E-state index is -0.167. The van der Waals surface area contributed by atoms with Crippen LogP contribution in [0.1, 0.15) is 103 Å². The SMILES string of the molecule is C1=C2C(=CCC1)C13CC4CC5(CC6c7ccccc7-c7c(-c8ccc(-c9nc(-c%10ccccc%10)nc(-c%10cc%11c(c%12ccccc%10%12)=CCCC=%11)n9)cc8)cccc7C6(C(C1)c1ccccc12)C35)c1ccccc1-c1ccccc14. The molecule has 0 amide bonds. The molecule has 79 heavy (non-hydrogen) atoms. The molecule has 8 aliphatic rings. The fourth-order valence-electron chi connectivity index (χ4n) is 18.8. The molecule has 7 atom stereocenters. The molecule has 7 unspecified atom stereocenters. The van der Waals surface area contributed by atoms with E-state index in [1.54, 1.807) is 33.4 Å². The van der Waals surface area contributed by atoms with Crippen molar-refractivity contribution in [3.8, 4) is 67.5 Å². The third kappa shape index (κ3) is 5.85. The predicted molar refractivity (Wildman–Crippen MR) is 322 cm³/mol. The molecule has 1 heterocycles. The lowest BCUT2D eigenvalue weighted by molar-refractivity contribution is 0.0606. The summed E-state index contributed by atoms with van der Waals surface area (Å²) in [6, 6.07) is 76.9. The van der Waals surface area contributed by atoms with Crippen molar-refractivity contribution in [1.82, 2.24) is 15.0 Å². The topological polar surface area (TPSA) is 38.7 Å². The van der Waals surface area contributed by atoms with Crippen LogP contribution in [0.15, 0.2) is 218 Å². The molecule has 376 valence electrons. The van der Waals surface area contributed by atoms with E-state index in [0.29, 0.717) is 41.1 Å². The second-order valence-electron chi connectivity index (χ2n) is 24.4. The molecule has 3 heteroatoms. The zero-order chi connectivity index (χ0) is 51.6. The van der Waals surface area contributed by atoms with Crippen LogP contribution in [0.3, 0.4) is 0 Å². The van der Waals surface area contributed by atoms with Gasteiger partial charge < -0.3 is 0 Å². The normalized spacial score (nSPS) is 25.6. The highest BCUT2D eigenvalue weighted by molar-refractivity contribution is 5.97. The largest absolute Gasteiger partial charge is 0.208 e. The van der Waals surface area contributed by atoms with E-state index in [2.05, 4.69) is 224 Å². The number of allylic oxidation sites excluding steroid dienone is 4. The van der Waals surface area contributed by atoms with Crippen molar-refractivity contribution in [1.29, 1.82) is 0 Å². The summed E-state index contributed by atoms with van der Waals surface area (Å²) in [5.74, 6) is 3.56. The molecule has 4 bridgehead atoms. The van der Waals surface area contributed by atoms with E-state index in [4.69, 9.17) is 15.0 Å². The fourth-order valence-corrected chi connectivity index (χ4v) is 18.8. The smallest absolute Gasteiger partial charge is 0.164 e. The van der Waals surface area contributed by atoms with E-state index >= 15 is 0 Å². The van der Waals surface area contributed by atoms with Gasteiger partial charge in [0.05, 0.1) is 0 Å². The number of hydrogen-bond acceptors (Lipinski definition) is 3. The maximum Gasteiger partial charge on any atom is 0.164 e. The van der Waals surface area contributed by atoms with Crippen LogP contribution in [0.2, 0.25) is 0 Å². The van der Waals surface area contributed by atoms with E-state index in [1.807, 2.05) is 0 Å². The molecule has 1 aromatic heterocycles. The Balaban J connectivity index is 0.858. The van der Waals surface area contributed by atoms with Crippen molar-refractivity contribution in [3.05, 3.63) is 262 Å². The zero-order valence-corrected chi connectivity index (χ0v) is 44.2. The quantitative estimate of drug-likeness (QED) is 0.176. The summed E-state index contributed by atoms with van der Waals surface area (Å²) in [4.78, 5) is 15.9. The van der Waals surface area contributed by atoms with Gasteiger partial charge in [-0.15, -0.1) is 0 Å². The van der Waals surface area contributed by atoms with Crippen molar-refractivity contribution in [2.24, 2.45) is 11.3 Å². The molecule has 0 saturated heterocycles. The third-order valence-corrected chi connectivity index (χ3v) is 21.1. The van der Waals surface area contributed by atoms with Crippen molar-refractivity contribution in [2.45, 2.75) is 80.0 Å². The monoisotopic (exact) mass is 1010 g/mol. The highest BCUT2D eigenvalue weighted by atomic mass is 15.0. The molecule has 9 aromatic carbocycles. The Bertz CT molecular complexity index is 4490. The number of fused-ring (bicyclic) bond motifs is 16. The summed E-state index contributed by atoms with van der Waals surface area (Å²) in [5.41, 5.74) is 23.6. The van der Waals surface area contributed by atoms with Gasteiger partial charge in [0.1, 0.15) is 0 Å². The highest BCUT2D eigenvalue weighted by Gasteiger charge is 2.80. The number of benzene rings is 9. The average molecular weight is 1010 g/mol. The number of rotatable bonds is 4. The second kappa shape index (κ2) is 16.3. The van der Waals surface area contributed by atoms with Gasteiger partial charge in [-0.3, -0.25) is 0 Å². The fraction of sp³-hybridized carbons (Fsp3) is 0.197. The summed E-state index contributed by atoms with van der Waals surface area (Å²) < 4.78 is 0. The Morgan fingerprint density at radius 1 is 0.367 bits per heavy atom. The van der Waals surface area contributed by atoms with Crippen LogP contribution < -0.4 is 10.4 Å². The van der Waals surface area contributed by atoms with Crippen LogP contribution in [0.5, 0.6) is 0 Å². The van der Waals surface area contributed by atoms with E-state index < -0.39 is 0 Å². The summed E-state index contributed by atoms with van der Waals surface area (Å²) in [7, 11) is 0. The highest BCUT2D eigenvalue weighted by Crippen LogP contribution is 2.87. The minimum Gasteiger partial charge on any atom is -0.208 e. The van der Waals surface area contributed by atoms with Crippen molar-refractivity contribution >= 4 is 28.5 Å². The van der Waals surface area contributed by atoms with Crippen LogP contribution >= 0.6 is 0 Å². The molecule has 0 aliphatic heterocycles. The first-order valence-electron chi connectivity index (χ1n) is 29.2. The van der Waals surface area contributed by atoms with Crippen LogP contribution in [-0.4, -0.2) is 15.0 Å². The van der Waals surface area contributed by atoms with Gasteiger partial charge in [-0.1, -0.05) is 218 Å². The molecular weight excluding hydrogens is 955 g/mol. The van der Waals surface area contributed by atoms with Crippen molar-refractivity contribution in [3.63, 3.8) is 0 Å². The van der Waals surface area contributed by atoms with Crippen molar-refractivity contribution < 1.29 is 0 Å². The van der Waals surface area contributed by atoms with Gasteiger partial charge in [0.15, 0.2) is 17.5 Å². The zero-order valence-electron chi connectivity index (χ0n) is 44.2. The Morgan fingerprint density at radius 2 is 0.937 bits per heavy atom. The summed E-state index contributed by atoms with van der Waals surface area (Å²) in [5, 5.41) is 4.96. The molecular formula is C76H57N3. The molecule has 3 nitrogen and oxygen atoms in total. The van der Waals surface area contributed by atoms with E-state index in [0.717, 1.165) is 54.2 Å². The number of nitrogens with zero attached hydrogens (tertiary/aromatic N) is 3. The Kier molecular flexibility index (Phi) is 9.16.